The van der Waals surface area contributed by atoms with E-state index in [0.29, 0.717) is 11.4 Å². The summed E-state index contributed by atoms with van der Waals surface area (Å²) in [5.41, 5.74) is 1.44. The first-order valence-corrected chi connectivity index (χ1v) is 7.49. The molecule has 0 atom stereocenters. The number of anilines is 1. The molecule has 0 bridgehead atoms. The highest BCUT2D eigenvalue weighted by atomic mass is 16.5. The summed E-state index contributed by atoms with van der Waals surface area (Å²) in [4.78, 5) is 12.1. The molecule has 0 saturated carbocycles. The van der Waals surface area contributed by atoms with Gasteiger partial charge in [0, 0.05) is 0 Å². The zero-order valence-corrected chi connectivity index (χ0v) is 13.2. The van der Waals surface area contributed by atoms with E-state index < -0.39 is 5.91 Å². The van der Waals surface area contributed by atoms with Crippen molar-refractivity contribution in [3.8, 4) is 11.5 Å². The average molecular weight is 323 g/mol. The van der Waals surface area contributed by atoms with Crippen molar-refractivity contribution in [3.05, 3.63) is 77.7 Å². The number of phenolic OH excluding ortho intramolecular Hbond substituents is 1. The number of carbonyl (C=O) groups is 1. The van der Waals surface area contributed by atoms with E-state index in [1.807, 2.05) is 31.2 Å². The molecular weight excluding hydrogens is 306 g/mol. The lowest BCUT2D eigenvalue weighted by Crippen LogP contribution is -2.10. The maximum absolute atomic E-state index is 12.1. The fraction of sp³-hybridized carbons (Fsp3) is 0.105. The Kier molecular flexibility index (Phi) is 4.52. The highest BCUT2D eigenvalue weighted by molar-refractivity contribution is 6.03. The number of hydrogen-bond acceptors (Lipinski definition) is 4. The van der Waals surface area contributed by atoms with Gasteiger partial charge in [-0.05, 0) is 48.9 Å². The lowest BCUT2D eigenvalue weighted by molar-refractivity contribution is 0.0992. The molecule has 0 saturated heterocycles. The normalized spacial score (nSPS) is 10.4. The van der Waals surface area contributed by atoms with Crippen molar-refractivity contribution in [1.82, 2.24) is 0 Å². The van der Waals surface area contributed by atoms with E-state index in [9.17, 15) is 9.90 Å². The highest BCUT2D eigenvalue weighted by Gasteiger charge is 2.13. The molecule has 2 aromatic carbocycles. The van der Waals surface area contributed by atoms with E-state index in [4.69, 9.17) is 9.15 Å². The lowest BCUT2D eigenvalue weighted by atomic mass is 10.2. The van der Waals surface area contributed by atoms with Crippen molar-refractivity contribution < 1.29 is 19.1 Å². The van der Waals surface area contributed by atoms with Gasteiger partial charge in [-0.1, -0.05) is 24.3 Å². The minimum absolute atomic E-state index is 0.000380. The quantitative estimate of drug-likeness (QED) is 0.693. The van der Waals surface area contributed by atoms with E-state index in [1.165, 1.54) is 6.07 Å². The molecule has 0 aliphatic carbocycles. The van der Waals surface area contributed by atoms with Gasteiger partial charge in [-0.2, -0.15) is 0 Å². The molecule has 3 aromatic rings. The maximum Gasteiger partial charge on any atom is 0.291 e. The van der Waals surface area contributed by atoms with E-state index in [0.717, 1.165) is 11.3 Å². The third-order valence-corrected chi connectivity index (χ3v) is 3.41. The summed E-state index contributed by atoms with van der Waals surface area (Å²) in [5, 5.41) is 12.3. The highest BCUT2D eigenvalue weighted by Crippen LogP contribution is 2.23. The standard InChI is InChI=1S/C19H17NO4/c1-13-5-4-6-14(11-13)23-12-15-9-10-18(24-15)19(22)20-16-7-2-3-8-17(16)21/h2-11,21H,12H2,1H3,(H,20,22). The largest absolute Gasteiger partial charge is 0.506 e. The summed E-state index contributed by atoms with van der Waals surface area (Å²) in [6, 6.07) is 17.5. The summed E-state index contributed by atoms with van der Waals surface area (Å²) < 4.78 is 11.1. The number of phenols is 1. The monoisotopic (exact) mass is 323 g/mol. The Hall–Kier alpha value is -3.21. The Bertz CT molecular complexity index is 854. The Morgan fingerprint density at radius 1 is 1.12 bits per heavy atom. The Morgan fingerprint density at radius 2 is 1.96 bits per heavy atom. The molecule has 0 radical (unpaired) electrons. The molecule has 0 aliphatic heterocycles. The van der Waals surface area contributed by atoms with Crippen LogP contribution in [0, 0.1) is 6.92 Å². The van der Waals surface area contributed by atoms with Crippen molar-refractivity contribution in [2.24, 2.45) is 0 Å². The zero-order chi connectivity index (χ0) is 16.9. The van der Waals surface area contributed by atoms with Crippen LogP contribution in [0.4, 0.5) is 5.69 Å². The van der Waals surface area contributed by atoms with Crippen LogP contribution in [0.15, 0.2) is 65.1 Å². The van der Waals surface area contributed by atoms with Crippen molar-refractivity contribution in [2.75, 3.05) is 5.32 Å². The van der Waals surface area contributed by atoms with Gasteiger partial charge in [-0.15, -0.1) is 0 Å². The van der Waals surface area contributed by atoms with Crippen molar-refractivity contribution in [3.63, 3.8) is 0 Å². The van der Waals surface area contributed by atoms with Gasteiger partial charge in [0.25, 0.3) is 5.91 Å². The summed E-state index contributed by atoms with van der Waals surface area (Å²) in [7, 11) is 0. The molecule has 24 heavy (non-hydrogen) atoms. The van der Waals surface area contributed by atoms with Crippen LogP contribution >= 0.6 is 0 Å². The first-order chi connectivity index (χ1) is 11.6. The van der Waals surface area contributed by atoms with E-state index in [-0.39, 0.29) is 18.1 Å². The van der Waals surface area contributed by atoms with Crippen LogP contribution < -0.4 is 10.1 Å². The number of carbonyl (C=O) groups excluding carboxylic acids is 1. The Labute approximate surface area is 139 Å². The number of benzene rings is 2. The summed E-state index contributed by atoms with van der Waals surface area (Å²) in [6.45, 7) is 2.22. The number of hydrogen-bond donors (Lipinski definition) is 2. The summed E-state index contributed by atoms with van der Waals surface area (Å²) in [6.07, 6.45) is 0. The first kappa shape index (κ1) is 15.7. The van der Waals surface area contributed by atoms with Crippen molar-refractivity contribution in [1.29, 1.82) is 0 Å². The van der Waals surface area contributed by atoms with Crippen LogP contribution in [0.2, 0.25) is 0 Å². The molecule has 0 aliphatic rings. The topological polar surface area (TPSA) is 71.7 Å². The van der Waals surface area contributed by atoms with Gasteiger partial charge in [0.05, 0.1) is 5.69 Å². The van der Waals surface area contributed by atoms with E-state index >= 15 is 0 Å². The molecule has 0 unspecified atom stereocenters. The second-order valence-electron chi connectivity index (χ2n) is 5.34. The van der Waals surface area contributed by atoms with Crippen molar-refractivity contribution >= 4 is 11.6 Å². The van der Waals surface area contributed by atoms with Gasteiger partial charge in [0.1, 0.15) is 23.9 Å². The third-order valence-electron chi connectivity index (χ3n) is 3.41. The molecular formula is C19H17NO4. The third kappa shape index (κ3) is 3.76. The van der Waals surface area contributed by atoms with Gasteiger partial charge >= 0.3 is 0 Å². The zero-order valence-electron chi connectivity index (χ0n) is 13.2. The predicted molar refractivity (Wildman–Crippen MR) is 90.3 cm³/mol. The lowest BCUT2D eigenvalue weighted by Gasteiger charge is -2.06. The number of nitrogens with one attached hydrogen (secondary N) is 1. The Morgan fingerprint density at radius 3 is 2.75 bits per heavy atom. The molecule has 122 valence electrons. The van der Waals surface area contributed by atoms with Gasteiger partial charge in [-0.25, -0.2) is 0 Å². The number of amides is 1. The van der Waals surface area contributed by atoms with Crippen molar-refractivity contribution in [2.45, 2.75) is 13.5 Å². The molecule has 1 aromatic heterocycles. The van der Waals surface area contributed by atoms with Gasteiger partial charge in [0.15, 0.2) is 5.76 Å². The molecule has 0 fully saturated rings. The van der Waals surface area contributed by atoms with Gasteiger partial charge < -0.3 is 19.6 Å². The maximum atomic E-state index is 12.1. The van der Waals surface area contributed by atoms with Crippen LogP contribution in [-0.4, -0.2) is 11.0 Å². The number of ether oxygens (including phenoxy) is 1. The minimum Gasteiger partial charge on any atom is -0.506 e. The molecule has 2 N–H and O–H groups in total. The average Bonchev–Trinajstić information content (AvgIpc) is 3.04. The second-order valence-corrected chi connectivity index (χ2v) is 5.34. The molecule has 1 heterocycles. The SMILES string of the molecule is Cc1cccc(OCc2ccc(C(=O)Nc3ccccc3O)o2)c1. The molecule has 5 nitrogen and oxygen atoms in total. The number of aryl methyl sites for hydroxylation is 1. The summed E-state index contributed by atoms with van der Waals surface area (Å²) >= 11 is 0. The van der Waals surface area contributed by atoms with E-state index in [2.05, 4.69) is 5.32 Å². The molecule has 5 heteroatoms. The number of rotatable bonds is 5. The second kappa shape index (κ2) is 6.91. The van der Waals surface area contributed by atoms with Crippen LogP contribution in [0.1, 0.15) is 21.9 Å². The minimum atomic E-state index is -0.432. The van der Waals surface area contributed by atoms with E-state index in [1.54, 1.807) is 30.3 Å². The number of aromatic hydroxyl groups is 1. The fourth-order valence-corrected chi connectivity index (χ4v) is 2.20. The number of furan rings is 1. The first-order valence-electron chi connectivity index (χ1n) is 7.49. The van der Waals surface area contributed by atoms with Crippen LogP contribution in [0.3, 0.4) is 0 Å². The van der Waals surface area contributed by atoms with Crippen LogP contribution in [0.25, 0.3) is 0 Å². The van der Waals surface area contributed by atoms with Gasteiger partial charge in [-0.3, -0.25) is 4.79 Å². The Balaban J connectivity index is 1.62. The molecule has 0 spiro atoms. The number of para-hydroxylation sites is 2. The predicted octanol–water partition coefficient (Wildman–Crippen LogP) is 4.12. The fourth-order valence-electron chi connectivity index (χ4n) is 2.20. The molecule has 1 amide bonds. The van der Waals surface area contributed by atoms with Crippen LogP contribution in [0.5, 0.6) is 11.5 Å². The summed E-state index contributed by atoms with van der Waals surface area (Å²) in [5.74, 6) is 1.00. The van der Waals surface area contributed by atoms with Gasteiger partial charge in [0.2, 0.25) is 0 Å². The molecule has 3 rings (SSSR count). The smallest absolute Gasteiger partial charge is 0.291 e. The van der Waals surface area contributed by atoms with Crippen LogP contribution in [-0.2, 0) is 6.61 Å².